The van der Waals surface area contributed by atoms with E-state index in [0.717, 1.165) is 17.0 Å². The van der Waals surface area contributed by atoms with Gasteiger partial charge in [-0.25, -0.2) is 0 Å². The van der Waals surface area contributed by atoms with Crippen LogP contribution >= 0.6 is 11.3 Å². The fraction of sp³-hybridized carbons (Fsp3) is 0.333. The van der Waals surface area contributed by atoms with Gasteiger partial charge in [-0.15, -0.1) is 11.3 Å². The SMILES string of the molecule is CC(=O)c1ccc(N2CCN(C(=O)C(CO)NC(=O)C(=O)c3cccs3)CC2)cc1. The lowest BCUT2D eigenvalue weighted by Crippen LogP contribution is -2.56. The van der Waals surface area contributed by atoms with Crippen molar-refractivity contribution in [1.29, 1.82) is 0 Å². The summed E-state index contributed by atoms with van der Waals surface area (Å²) >= 11 is 1.14. The number of Topliss-reactive ketones (excluding diaryl/α,β-unsaturated/α-hetero) is 2. The van der Waals surface area contributed by atoms with Crippen LogP contribution in [0.5, 0.6) is 0 Å². The summed E-state index contributed by atoms with van der Waals surface area (Å²) in [5, 5.41) is 13.6. The predicted octanol–water partition coefficient (Wildman–Crippen LogP) is 0.959. The van der Waals surface area contributed by atoms with Crippen molar-refractivity contribution in [3.63, 3.8) is 0 Å². The van der Waals surface area contributed by atoms with Crippen molar-refractivity contribution in [2.75, 3.05) is 37.7 Å². The first-order valence-corrected chi connectivity index (χ1v) is 10.4. The fourth-order valence-corrected chi connectivity index (χ4v) is 3.90. The molecule has 1 fully saturated rings. The van der Waals surface area contributed by atoms with E-state index in [9.17, 15) is 24.3 Å². The van der Waals surface area contributed by atoms with E-state index in [2.05, 4.69) is 10.2 Å². The molecule has 9 heteroatoms. The number of nitrogens with zero attached hydrogens (tertiary/aromatic N) is 2. The number of rotatable bonds is 7. The molecule has 158 valence electrons. The number of ketones is 2. The van der Waals surface area contributed by atoms with Crippen LogP contribution in [-0.4, -0.2) is 72.2 Å². The molecule has 8 nitrogen and oxygen atoms in total. The standard InChI is InChI=1S/C21H23N3O5S/c1-14(26)15-4-6-16(7-5-15)23-8-10-24(11-9-23)21(29)17(13-25)22-20(28)19(27)18-3-2-12-30-18/h2-7,12,17,25H,8-11,13H2,1H3,(H,22,28). The van der Waals surface area contributed by atoms with Crippen molar-refractivity contribution in [3.8, 4) is 0 Å². The molecule has 1 aromatic heterocycles. The average Bonchev–Trinajstić information content (AvgIpc) is 3.31. The molecule has 1 aromatic carbocycles. The van der Waals surface area contributed by atoms with Crippen LogP contribution in [0.25, 0.3) is 0 Å². The first-order chi connectivity index (χ1) is 14.4. The zero-order valence-corrected chi connectivity index (χ0v) is 17.4. The average molecular weight is 429 g/mol. The highest BCUT2D eigenvalue weighted by Crippen LogP contribution is 2.18. The first-order valence-electron chi connectivity index (χ1n) is 9.55. The third kappa shape index (κ3) is 4.92. The third-order valence-electron chi connectivity index (χ3n) is 4.97. The smallest absolute Gasteiger partial charge is 0.293 e. The van der Waals surface area contributed by atoms with Gasteiger partial charge in [0.2, 0.25) is 5.91 Å². The normalized spacial score (nSPS) is 14.9. The lowest BCUT2D eigenvalue weighted by molar-refractivity contribution is -0.137. The van der Waals surface area contributed by atoms with Gasteiger partial charge in [0.1, 0.15) is 6.04 Å². The lowest BCUT2D eigenvalue weighted by Gasteiger charge is -2.37. The number of carbonyl (C=O) groups excluding carboxylic acids is 4. The van der Waals surface area contributed by atoms with E-state index in [1.165, 1.54) is 13.0 Å². The number of hydrogen-bond acceptors (Lipinski definition) is 7. The maximum Gasteiger partial charge on any atom is 0.293 e. The number of anilines is 1. The van der Waals surface area contributed by atoms with Crippen molar-refractivity contribution < 1.29 is 24.3 Å². The van der Waals surface area contributed by atoms with E-state index >= 15 is 0 Å². The molecule has 0 aliphatic carbocycles. The molecule has 30 heavy (non-hydrogen) atoms. The number of carbonyl (C=O) groups is 4. The highest BCUT2D eigenvalue weighted by molar-refractivity contribution is 7.13. The lowest BCUT2D eigenvalue weighted by atomic mass is 10.1. The Balaban J connectivity index is 1.55. The van der Waals surface area contributed by atoms with Crippen LogP contribution in [0.4, 0.5) is 5.69 Å². The van der Waals surface area contributed by atoms with Crippen molar-refractivity contribution in [2.24, 2.45) is 0 Å². The second-order valence-electron chi connectivity index (χ2n) is 6.93. The van der Waals surface area contributed by atoms with Crippen LogP contribution < -0.4 is 10.2 Å². The molecule has 1 atom stereocenters. The van der Waals surface area contributed by atoms with Gasteiger partial charge in [-0.1, -0.05) is 6.07 Å². The molecular weight excluding hydrogens is 406 g/mol. The second-order valence-corrected chi connectivity index (χ2v) is 7.88. The summed E-state index contributed by atoms with van der Waals surface area (Å²) in [6.07, 6.45) is 0. The second kappa shape index (κ2) is 9.64. The van der Waals surface area contributed by atoms with Crippen molar-refractivity contribution in [1.82, 2.24) is 10.2 Å². The van der Waals surface area contributed by atoms with Crippen LogP contribution in [0, 0.1) is 0 Å². The van der Waals surface area contributed by atoms with Gasteiger partial charge in [0.25, 0.3) is 11.7 Å². The number of benzene rings is 1. The molecule has 3 rings (SSSR count). The molecule has 2 N–H and O–H groups in total. The molecule has 1 aliphatic rings. The van der Waals surface area contributed by atoms with E-state index in [4.69, 9.17) is 0 Å². The summed E-state index contributed by atoms with van der Waals surface area (Å²) in [5.41, 5.74) is 1.60. The molecular formula is C21H23N3O5S. The van der Waals surface area contributed by atoms with E-state index in [1.807, 2.05) is 12.1 Å². The van der Waals surface area contributed by atoms with Crippen LogP contribution in [-0.2, 0) is 9.59 Å². The highest BCUT2D eigenvalue weighted by Gasteiger charge is 2.30. The Bertz CT molecular complexity index is 919. The van der Waals surface area contributed by atoms with Gasteiger partial charge in [0.05, 0.1) is 11.5 Å². The Labute approximate surface area is 178 Å². The molecule has 0 bridgehead atoms. The minimum Gasteiger partial charge on any atom is -0.394 e. The van der Waals surface area contributed by atoms with Crippen LogP contribution in [0.15, 0.2) is 41.8 Å². The topological polar surface area (TPSA) is 107 Å². The minimum absolute atomic E-state index is 0.00613. The molecule has 2 heterocycles. The Hall–Kier alpha value is -3.04. The summed E-state index contributed by atoms with van der Waals surface area (Å²) < 4.78 is 0. The number of thiophene rings is 1. The quantitative estimate of drug-likeness (QED) is 0.502. The van der Waals surface area contributed by atoms with E-state index in [0.29, 0.717) is 31.7 Å². The zero-order valence-electron chi connectivity index (χ0n) is 16.5. The van der Waals surface area contributed by atoms with Crippen LogP contribution in [0.3, 0.4) is 0 Å². The predicted molar refractivity (Wildman–Crippen MR) is 113 cm³/mol. The summed E-state index contributed by atoms with van der Waals surface area (Å²) in [6.45, 7) is 2.91. The van der Waals surface area contributed by atoms with Crippen molar-refractivity contribution in [3.05, 3.63) is 52.2 Å². The summed E-state index contributed by atoms with van der Waals surface area (Å²) in [5.74, 6) is -2.05. The van der Waals surface area contributed by atoms with Gasteiger partial charge in [-0.2, -0.15) is 0 Å². The molecule has 1 saturated heterocycles. The van der Waals surface area contributed by atoms with Crippen LogP contribution in [0.1, 0.15) is 27.0 Å². The summed E-state index contributed by atoms with van der Waals surface area (Å²) in [6, 6.07) is 9.33. The molecule has 2 amide bonds. The summed E-state index contributed by atoms with van der Waals surface area (Å²) in [4.78, 5) is 52.3. The van der Waals surface area contributed by atoms with Gasteiger partial charge in [0.15, 0.2) is 5.78 Å². The maximum atomic E-state index is 12.7. The number of aliphatic hydroxyl groups excluding tert-OH is 1. The first kappa shape index (κ1) is 21.7. The Morgan fingerprint density at radius 1 is 1.07 bits per heavy atom. The Kier molecular flexibility index (Phi) is 6.96. The van der Waals surface area contributed by atoms with Gasteiger partial charge < -0.3 is 20.2 Å². The monoisotopic (exact) mass is 429 g/mol. The fourth-order valence-electron chi connectivity index (χ4n) is 3.24. The minimum atomic E-state index is -1.16. The number of piperazine rings is 1. The Morgan fingerprint density at radius 2 is 1.73 bits per heavy atom. The molecule has 1 aliphatic heterocycles. The van der Waals surface area contributed by atoms with Crippen molar-refractivity contribution in [2.45, 2.75) is 13.0 Å². The number of nitrogens with one attached hydrogen (secondary N) is 1. The van der Waals surface area contributed by atoms with E-state index in [1.54, 1.807) is 28.5 Å². The van der Waals surface area contributed by atoms with Crippen molar-refractivity contribution >= 4 is 40.4 Å². The summed E-state index contributed by atoms with van der Waals surface area (Å²) in [7, 11) is 0. The number of aliphatic hydroxyl groups is 1. The highest BCUT2D eigenvalue weighted by atomic mass is 32.1. The molecule has 0 spiro atoms. The van der Waals surface area contributed by atoms with Crippen LogP contribution in [0.2, 0.25) is 0 Å². The molecule has 0 radical (unpaired) electrons. The molecule has 2 aromatic rings. The largest absolute Gasteiger partial charge is 0.394 e. The Morgan fingerprint density at radius 3 is 2.27 bits per heavy atom. The molecule has 1 unspecified atom stereocenters. The molecule has 0 saturated carbocycles. The van der Waals surface area contributed by atoms with E-state index in [-0.39, 0.29) is 10.7 Å². The zero-order chi connectivity index (χ0) is 21.7. The number of amides is 2. The van der Waals surface area contributed by atoms with Gasteiger partial charge in [0, 0.05) is 37.4 Å². The number of hydrogen-bond donors (Lipinski definition) is 2. The third-order valence-corrected chi connectivity index (χ3v) is 5.84. The maximum absolute atomic E-state index is 12.7. The van der Waals surface area contributed by atoms with Gasteiger partial charge in [-0.05, 0) is 42.6 Å². The van der Waals surface area contributed by atoms with Gasteiger partial charge >= 0.3 is 0 Å². The van der Waals surface area contributed by atoms with Gasteiger partial charge in [-0.3, -0.25) is 19.2 Å². The van der Waals surface area contributed by atoms with E-state index < -0.39 is 30.2 Å².